The maximum atomic E-state index is 6.48. The van der Waals surface area contributed by atoms with E-state index in [0.717, 1.165) is 23.0 Å². The summed E-state index contributed by atoms with van der Waals surface area (Å²) in [6.07, 6.45) is 6.32. The van der Waals surface area contributed by atoms with Gasteiger partial charge in [-0.2, -0.15) is 0 Å². The molecular formula is C17H25ClN2O. The van der Waals surface area contributed by atoms with Gasteiger partial charge in [-0.1, -0.05) is 18.5 Å². The van der Waals surface area contributed by atoms with Crippen LogP contribution in [0.15, 0.2) is 18.2 Å². The van der Waals surface area contributed by atoms with E-state index in [9.17, 15) is 0 Å². The summed E-state index contributed by atoms with van der Waals surface area (Å²) in [7, 11) is 1.71. The molecule has 0 radical (unpaired) electrons. The van der Waals surface area contributed by atoms with Gasteiger partial charge in [-0.25, -0.2) is 0 Å². The van der Waals surface area contributed by atoms with E-state index in [1.54, 1.807) is 7.11 Å². The van der Waals surface area contributed by atoms with Crippen LogP contribution >= 0.6 is 11.6 Å². The zero-order valence-corrected chi connectivity index (χ0v) is 13.7. The van der Waals surface area contributed by atoms with Crippen molar-refractivity contribution in [3.63, 3.8) is 0 Å². The molecule has 0 spiro atoms. The van der Waals surface area contributed by atoms with Crippen LogP contribution in [0.4, 0.5) is 5.69 Å². The maximum absolute atomic E-state index is 6.48. The molecule has 21 heavy (non-hydrogen) atoms. The normalized spacial score (nSPS) is 28.5. The average molecular weight is 309 g/mol. The van der Waals surface area contributed by atoms with Crippen LogP contribution < -0.4 is 15.0 Å². The summed E-state index contributed by atoms with van der Waals surface area (Å²) in [5.41, 5.74) is 1.15. The van der Waals surface area contributed by atoms with Crippen molar-refractivity contribution in [3.8, 4) is 5.75 Å². The molecule has 2 heterocycles. The standard InChI is InChI=1S/C17H25ClN2O/c1-3-19-12-9-13-5-4-6-14(10-12)20(13)17-11-15(21-2)7-8-16(17)18/h7-8,11-14,19H,3-6,9-10H2,1-2H3. The van der Waals surface area contributed by atoms with Gasteiger partial charge < -0.3 is 15.0 Å². The van der Waals surface area contributed by atoms with Crippen LogP contribution in [-0.4, -0.2) is 31.8 Å². The van der Waals surface area contributed by atoms with E-state index in [1.807, 2.05) is 12.1 Å². The average Bonchev–Trinajstić information content (AvgIpc) is 2.47. The highest BCUT2D eigenvalue weighted by atomic mass is 35.5. The third-order valence-corrected chi connectivity index (χ3v) is 5.22. The predicted octanol–water partition coefficient (Wildman–Crippen LogP) is 3.85. The Balaban J connectivity index is 1.88. The molecule has 2 fully saturated rings. The van der Waals surface area contributed by atoms with Crippen molar-refractivity contribution in [2.24, 2.45) is 0 Å². The summed E-state index contributed by atoms with van der Waals surface area (Å²) >= 11 is 6.48. The zero-order chi connectivity index (χ0) is 14.8. The summed E-state index contributed by atoms with van der Waals surface area (Å²) in [6, 6.07) is 7.86. The lowest BCUT2D eigenvalue weighted by atomic mass is 9.81. The molecule has 1 aromatic rings. The van der Waals surface area contributed by atoms with Crippen molar-refractivity contribution >= 4 is 17.3 Å². The molecule has 3 nitrogen and oxygen atoms in total. The van der Waals surface area contributed by atoms with Crippen molar-refractivity contribution in [2.75, 3.05) is 18.6 Å². The topological polar surface area (TPSA) is 24.5 Å². The molecule has 2 unspecified atom stereocenters. The largest absolute Gasteiger partial charge is 0.497 e. The van der Waals surface area contributed by atoms with Gasteiger partial charge in [-0.05, 0) is 50.8 Å². The number of rotatable bonds is 4. The monoisotopic (exact) mass is 308 g/mol. The number of ether oxygens (including phenoxy) is 1. The van der Waals surface area contributed by atoms with Crippen LogP contribution in [0.25, 0.3) is 0 Å². The molecule has 2 atom stereocenters. The van der Waals surface area contributed by atoms with Crippen LogP contribution in [0.5, 0.6) is 5.75 Å². The molecule has 1 aromatic carbocycles. The Kier molecular flexibility index (Phi) is 4.60. The molecule has 116 valence electrons. The van der Waals surface area contributed by atoms with Gasteiger partial charge in [-0.3, -0.25) is 0 Å². The number of hydrogen-bond donors (Lipinski definition) is 1. The third-order valence-electron chi connectivity index (χ3n) is 4.90. The SMILES string of the molecule is CCNC1CC2CCCC(C1)N2c1cc(OC)ccc1Cl. The first-order valence-corrected chi connectivity index (χ1v) is 8.46. The van der Waals surface area contributed by atoms with Gasteiger partial charge in [0.15, 0.2) is 0 Å². The molecule has 0 aliphatic carbocycles. The van der Waals surface area contributed by atoms with Crippen molar-refractivity contribution < 1.29 is 4.74 Å². The van der Waals surface area contributed by atoms with Crippen LogP contribution in [0.2, 0.25) is 5.02 Å². The highest BCUT2D eigenvalue weighted by Gasteiger charge is 2.38. The fourth-order valence-electron chi connectivity index (χ4n) is 4.05. The molecule has 0 saturated carbocycles. The Morgan fingerprint density at radius 3 is 2.62 bits per heavy atom. The smallest absolute Gasteiger partial charge is 0.121 e. The first-order chi connectivity index (χ1) is 10.2. The second-order valence-corrected chi connectivity index (χ2v) is 6.60. The molecular weight excluding hydrogens is 284 g/mol. The van der Waals surface area contributed by atoms with Gasteiger partial charge in [0.05, 0.1) is 17.8 Å². The fraction of sp³-hybridized carbons (Fsp3) is 0.647. The van der Waals surface area contributed by atoms with E-state index in [-0.39, 0.29) is 0 Å². The van der Waals surface area contributed by atoms with Crippen LogP contribution in [0.3, 0.4) is 0 Å². The molecule has 0 aromatic heterocycles. The quantitative estimate of drug-likeness (QED) is 0.914. The highest BCUT2D eigenvalue weighted by molar-refractivity contribution is 6.33. The van der Waals surface area contributed by atoms with Crippen LogP contribution in [-0.2, 0) is 0 Å². The number of fused-ring (bicyclic) bond motifs is 2. The van der Waals surface area contributed by atoms with E-state index in [2.05, 4.69) is 23.2 Å². The van der Waals surface area contributed by atoms with Crippen molar-refractivity contribution in [1.82, 2.24) is 5.32 Å². The van der Waals surface area contributed by atoms with Crippen molar-refractivity contribution in [2.45, 2.75) is 57.2 Å². The fourth-order valence-corrected chi connectivity index (χ4v) is 4.26. The Labute approximate surface area is 132 Å². The first kappa shape index (κ1) is 15.0. The van der Waals surface area contributed by atoms with Gasteiger partial charge in [0, 0.05) is 24.2 Å². The lowest BCUT2D eigenvalue weighted by Gasteiger charge is -2.50. The van der Waals surface area contributed by atoms with E-state index in [4.69, 9.17) is 16.3 Å². The summed E-state index contributed by atoms with van der Waals surface area (Å²) in [4.78, 5) is 2.57. The van der Waals surface area contributed by atoms with Crippen molar-refractivity contribution in [1.29, 1.82) is 0 Å². The van der Waals surface area contributed by atoms with Gasteiger partial charge >= 0.3 is 0 Å². The van der Waals surface area contributed by atoms with Crippen LogP contribution in [0, 0.1) is 0 Å². The highest BCUT2D eigenvalue weighted by Crippen LogP contribution is 2.41. The summed E-state index contributed by atoms with van der Waals surface area (Å²) in [5.74, 6) is 0.890. The second-order valence-electron chi connectivity index (χ2n) is 6.19. The summed E-state index contributed by atoms with van der Waals surface area (Å²) < 4.78 is 5.38. The van der Waals surface area contributed by atoms with Gasteiger partial charge in [0.1, 0.15) is 5.75 Å². The Hall–Kier alpha value is -0.930. The van der Waals surface area contributed by atoms with E-state index in [1.165, 1.54) is 32.1 Å². The molecule has 2 saturated heterocycles. The predicted molar refractivity (Wildman–Crippen MR) is 88.6 cm³/mol. The molecule has 2 bridgehead atoms. The van der Waals surface area contributed by atoms with Gasteiger partial charge in [0.25, 0.3) is 0 Å². The first-order valence-electron chi connectivity index (χ1n) is 8.08. The van der Waals surface area contributed by atoms with Gasteiger partial charge in [0.2, 0.25) is 0 Å². The van der Waals surface area contributed by atoms with E-state index < -0.39 is 0 Å². The summed E-state index contributed by atoms with van der Waals surface area (Å²) in [6.45, 7) is 3.26. The summed E-state index contributed by atoms with van der Waals surface area (Å²) in [5, 5.41) is 4.48. The minimum absolute atomic E-state index is 0.603. The Bertz CT molecular complexity index is 480. The number of nitrogens with one attached hydrogen (secondary N) is 1. The minimum Gasteiger partial charge on any atom is -0.497 e. The third kappa shape index (κ3) is 3.00. The van der Waals surface area contributed by atoms with Gasteiger partial charge in [-0.15, -0.1) is 0 Å². The molecule has 3 rings (SSSR count). The number of methoxy groups -OCH3 is 1. The lowest BCUT2D eigenvalue weighted by molar-refractivity contribution is 0.247. The number of anilines is 1. The number of hydrogen-bond acceptors (Lipinski definition) is 3. The number of nitrogens with zero attached hydrogens (tertiary/aromatic N) is 1. The number of benzene rings is 1. The van der Waals surface area contributed by atoms with Crippen molar-refractivity contribution in [3.05, 3.63) is 23.2 Å². The second kappa shape index (κ2) is 6.45. The number of halogens is 1. The maximum Gasteiger partial charge on any atom is 0.121 e. The molecule has 0 amide bonds. The lowest BCUT2D eigenvalue weighted by Crippen LogP contribution is -2.56. The van der Waals surface area contributed by atoms with Crippen LogP contribution in [0.1, 0.15) is 39.0 Å². The molecule has 2 aliphatic rings. The molecule has 1 N–H and O–H groups in total. The molecule has 2 aliphatic heterocycles. The minimum atomic E-state index is 0.603. The van der Waals surface area contributed by atoms with E-state index >= 15 is 0 Å². The Morgan fingerprint density at radius 2 is 2.00 bits per heavy atom. The number of piperidine rings is 2. The molecule has 4 heteroatoms. The van der Waals surface area contributed by atoms with E-state index in [0.29, 0.717) is 18.1 Å². The Morgan fingerprint density at radius 1 is 1.29 bits per heavy atom. The zero-order valence-electron chi connectivity index (χ0n) is 12.9.